The Labute approximate surface area is 169 Å². The number of aromatic nitrogens is 3. The van der Waals surface area contributed by atoms with Crippen LogP contribution in [0.4, 0.5) is 5.82 Å². The molecule has 0 spiro atoms. The molecule has 0 saturated carbocycles. The number of nitrogen functional groups attached to an aromatic ring is 1. The van der Waals surface area contributed by atoms with E-state index >= 15 is 0 Å². The molecule has 148 valence electrons. The fraction of sp³-hybridized carbons (Fsp3) is 0.318. The summed E-state index contributed by atoms with van der Waals surface area (Å²) in [5.74, 6) is 0.460. The molecule has 0 bridgehead atoms. The summed E-state index contributed by atoms with van der Waals surface area (Å²) < 4.78 is 11.5. The van der Waals surface area contributed by atoms with Crippen LogP contribution in [0.5, 0.6) is 0 Å². The number of nitrogens with two attached hydrogens (primary N) is 1. The summed E-state index contributed by atoms with van der Waals surface area (Å²) in [6.07, 6.45) is 5.97. The number of benzene rings is 1. The number of nitrogens with one attached hydrogen (secondary N) is 1. The quantitative estimate of drug-likeness (QED) is 0.711. The van der Waals surface area contributed by atoms with E-state index in [4.69, 9.17) is 15.2 Å². The standard InChI is InChI=1S/C22H23N5O2/c23-22-18(20-1-3-24-13-27-20)9-16(10-26-22)15-7-14-2-5-28-11-19(14)17(8-15)21-12-29-6-4-25-21/h1,3,7-10,13,21,25H,2,4-6,11-12H2,(H2,23,26)/t21-/m0/s1. The second-order valence-corrected chi connectivity index (χ2v) is 7.34. The van der Waals surface area contributed by atoms with E-state index in [0.717, 1.165) is 48.6 Å². The molecule has 0 unspecified atom stereocenters. The van der Waals surface area contributed by atoms with Gasteiger partial charge in [-0.3, -0.25) is 0 Å². The lowest BCUT2D eigenvalue weighted by molar-refractivity contribution is 0.0736. The fourth-order valence-corrected chi connectivity index (χ4v) is 4.04. The molecule has 7 heteroatoms. The summed E-state index contributed by atoms with van der Waals surface area (Å²) in [6.45, 7) is 3.67. The molecule has 2 aromatic heterocycles. The molecule has 1 fully saturated rings. The van der Waals surface area contributed by atoms with Crippen LogP contribution >= 0.6 is 0 Å². The van der Waals surface area contributed by atoms with Gasteiger partial charge in [-0.25, -0.2) is 15.0 Å². The fourth-order valence-electron chi connectivity index (χ4n) is 4.04. The zero-order valence-electron chi connectivity index (χ0n) is 16.1. The van der Waals surface area contributed by atoms with Crippen molar-refractivity contribution < 1.29 is 9.47 Å². The monoisotopic (exact) mass is 389 g/mol. The molecule has 0 aliphatic carbocycles. The normalized spacial score (nSPS) is 19.0. The van der Waals surface area contributed by atoms with Crippen LogP contribution in [-0.2, 0) is 22.5 Å². The zero-order chi connectivity index (χ0) is 19.6. The van der Waals surface area contributed by atoms with Gasteiger partial charge >= 0.3 is 0 Å². The molecule has 7 nitrogen and oxygen atoms in total. The Kier molecular flexibility index (Phi) is 4.93. The number of nitrogens with zero attached hydrogens (tertiary/aromatic N) is 3. The Morgan fingerprint density at radius 1 is 1.07 bits per heavy atom. The van der Waals surface area contributed by atoms with Crippen LogP contribution in [0.2, 0.25) is 0 Å². The highest BCUT2D eigenvalue weighted by molar-refractivity contribution is 5.78. The van der Waals surface area contributed by atoms with E-state index < -0.39 is 0 Å². The Balaban J connectivity index is 1.61. The average molecular weight is 389 g/mol. The SMILES string of the molecule is Nc1ncc(-c2cc3c(c([C@@H]4COCCN4)c2)COCC3)cc1-c1ccncn1. The molecule has 2 aliphatic heterocycles. The molecule has 29 heavy (non-hydrogen) atoms. The number of fused-ring (bicyclic) bond motifs is 1. The van der Waals surface area contributed by atoms with E-state index in [2.05, 4.69) is 38.5 Å². The predicted molar refractivity (Wildman–Crippen MR) is 110 cm³/mol. The van der Waals surface area contributed by atoms with Crippen molar-refractivity contribution in [2.24, 2.45) is 0 Å². The van der Waals surface area contributed by atoms with Gasteiger partial charge in [-0.05, 0) is 46.9 Å². The maximum atomic E-state index is 6.14. The average Bonchev–Trinajstić information content (AvgIpc) is 2.80. The van der Waals surface area contributed by atoms with Crippen molar-refractivity contribution >= 4 is 5.82 Å². The van der Waals surface area contributed by atoms with Gasteiger partial charge in [-0.2, -0.15) is 0 Å². The number of pyridine rings is 1. The molecule has 5 rings (SSSR count). The molecule has 3 aromatic rings. The van der Waals surface area contributed by atoms with Gasteiger partial charge in [0.05, 0.1) is 38.2 Å². The topological polar surface area (TPSA) is 95.2 Å². The number of hydrogen-bond donors (Lipinski definition) is 2. The van der Waals surface area contributed by atoms with Gasteiger partial charge in [0.25, 0.3) is 0 Å². The van der Waals surface area contributed by atoms with E-state index in [-0.39, 0.29) is 6.04 Å². The number of anilines is 1. The highest BCUT2D eigenvalue weighted by Crippen LogP contribution is 2.34. The Bertz CT molecular complexity index is 1020. The zero-order valence-corrected chi connectivity index (χ0v) is 16.1. The minimum absolute atomic E-state index is 0.169. The number of hydrogen-bond acceptors (Lipinski definition) is 7. The summed E-state index contributed by atoms with van der Waals surface area (Å²) in [4.78, 5) is 12.8. The van der Waals surface area contributed by atoms with Crippen LogP contribution < -0.4 is 11.1 Å². The van der Waals surface area contributed by atoms with Gasteiger partial charge < -0.3 is 20.5 Å². The largest absolute Gasteiger partial charge is 0.383 e. The van der Waals surface area contributed by atoms with Gasteiger partial charge in [-0.15, -0.1) is 0 Å². The molecule has 0 radical (unpaired) electrons. The highest BCUT2D eigenvalue weighted by atomic mass is 16.5. The molecule has 1 aromatic carbocycles. The highest BCUT2D eigenvalue weighted by Gasteiger charge is 2.23. The van der Waals surface area contributed by atoms with E-state index in [1.165, 1.54) is 23.0 Å². The summed E-state index contributed by atoms with van der Waals surface area (Å²) in [7, 11) is 0. The molecular formula is C22H23N5O2. The lowest BCUT2D eigenvalue weighted by atomic mass is 9.89. The summed E-state index contributed by atoms with van der Waals surface area (Å²) in [6, 6.07) is 8.55. The first-order chi connectivity index (χ1) is 14.3. The molecule has 1 atom stereocenters. The molecular weight excluding hydrogens is 366 g/mol. The van der Waals surface area contributed by atoms with Crippen LogP contribution in [0.25, 0.3) is 22.4 Å². The third kappa shape index (κ3) is 3.60. The van der Waals surface area contributed by atoms with Gasteiger partial charge in [0.1, 0.15) is 12.1 Å². The van der Waals surface area contributed by atoms with E-state index in [9.17, 15) is 0 Å². The Morgan fingerprint density at radius 2 is 2.03 bits per heavy atom. The van der Waals surface area contributed by atoms with Crippen molar-refractivity contribution in [1.82, 2.24) is 20.3 Å². The number of morpholine rings is 1. The molecule has 2 aliphatic rings. The minimum atomic E-state index is 0.169. The van der Waals surface area contributed by atoms with Crippen LogP contribution in [0.15, 0.2) is 43.0 Å². The Morgan fingerprint density at radius 3 is 2.86 bits per heavy atom. The van der Waals surface area contributed by atoms with Crippen molar-refractivity contribution in [3.05, 3.63) is 59.7 Å². The first kappa shape index (κ1) is 18.2. The summed E-state index contributed by atoms with van der Waals surface area (Å²) in [5.41, 5.74) is 13.7. The first-order valence-electron chi connectivity index (χ1n) is 9.86. The smallest absolute Gasteiger partial charge is 0.132 e. The second-order valence-electron chi connectivity index (χ2n) is 7.34. The molecule has 1 saturated heterocycles. The minimum Gasteiger partial charge on any atom is -0.383 e. The first-order valence-corrected chi connectivity index (χ1v) is 9.86. The van der Waals surface area contributed by atoms with E-state index in [1.54, 1.807) is 6.20 Å². The van der Waals surface area contributed by atoms with Crippen LogP contribution in [-0.4, -0.2) is 41.3 Å². The second kappa shape index (κ2) is 7.87. The number of rotatable bonds is 3. The van der Waals surface area contributed by atoms with E-state index in [1.807, 2.05) is 12.3 Å². The molecule has 3 N–H and O–H groups in total. The van der Waals surface area contributed by atoms with Crippen molar-refractivity contribution in [1.29, 1.82) is 0 Å². The van der Waals surface area contributed by atoms with Crippen LogP contribution in [0.3, 0.4) is 0 Å². The third-order valence-corrected chi connectivity index (χ3v) is 5.55. The maximum Gasteiger partial charge on any atom is 0.132 e. The van der Waals surface area contributed by atoms with Gasteiger partial charge in [-0.1, -0.05) is 6.07 Å². The lowest BCUT2D eigenvalue weighted by Gasteiger charge is -2.29. The van der Waals surface area contributed by atoms with Gasteiger partial charge in [0.2, 0.25) is 0 Å². The molecule has 4 heterocycles. The molecule has 0 amide bonds. The van der Waals surface area contributed by atoms with Gasteiger partial charge in [0, 0.05) is 30.1 Å². The van der Waals surface area contributed by atoms with Crippen molar-refractivity contribution in [3.8, 4) is 22.4 Å². The van der Waals surface area contributed by atoms with Crippen molar-refractivity contribution in [2.75, 3.05) is 32.1 Å². The predicted octanol–water partition coefficient (Wildman–Crippen LogP) is 2.52. The van der Waals surface area contributed by atoms with E-state index in [0.29, 0.717) is 19.0 Å². The van der Waals surface area contributed by atoms with Gasteiger partial charge in [0.15, 0.2) is 0 Å². The number of ether oxygens (including phenoxy) is 2. The summed E-state index contributed by atoms with van der Waals surface area (Å²) >= 11 is 0. The lowest BCUT2D eigenvalue weighted by Crippen LogP contribution is -2.35. The maximum absolute atomic E-state index is 6.14. The Hall–Kier alpha value is -2.87. The summed E-state index contributed by atoms with van der Waals surface area (Å²) in [5, 5.41) is 3.58. The van der Waals surface area contributed by atoms with Crippen molar-refractivity contribution in [2.45, 2.75) is 19.1 Å². The van der Waals surface area contributed by atoms with Crippen LogP contribution in [0.1, 0.15) is 22.7 Å². The third-order valence-electron chi connectivity index (χ3n) is 5.55. The van der Waals surface area contributed by atoms with Crippen LogP contribution in [0, 0.1) is 0 Å². The van der Waals surface area contributed by atoms with Crippen molar-refractivity contribution in [3.63, 3.8) is 0 Å².